The Hall–Kier alpha value is -1.76. The molecule has 2 heterocycles. The summed E-state index contributed by atoms with van der Waals surface area (Å²) in [7, 11) is 0. The fourth-order valence-electron chi connectivity index (χ4n) is 1.60. The molecule has 2 aromatic rings. The molecule has 0 aliphatic rings. The van der Waals surface area contributed by atoms with E-state index >= 15 is 0 Å². The van der Waals surface area contributed by atoms with Gasteiger partial charge in [0, 0.05) is 13.1 Å². The van der Waals surface area contributed by atoms with E-state index in [1.54, 1.807) is 6.26 Å². The summed E-state index contributed by atoms with van der Waals surface area (Å²) in [6.45, 7) is 5.78. The molecule has 0 amide bonds. The number of nitrogen functional groups attached to an aromatic ring is 1. The van der Waals surface area contributed by atoms with E-state index in [1.165, 1.54) is 11.8 Å². The van der Waals surface area contributed by atoms with E-state index in [2.05, 4.69) is 28.8 Å². The van der Waals surface area contributed by atoms with Crippen LogP contribution in [0, 0.1) is 0 Å². The second-order valence-corrected chi connectivity index (χ2v) is 4.76. The maximum absolute atomic E-state index is 5.73. The summed E-state index contributed by atoms with van der Waals surface area (Å²) in [5, 5.41) is 0.616. The second-order valence-electron chi connectivity index (χ2n) is 3.82. The van der Waals surface area contributed by atoms with Crippen molar-refractivity contribution in [1.82, 2.24) is 15.0 Å². The van der Waals surface area contributed by atoms with E-state index in [0.717, 1.165) is 18.8 Å². The number of hydrogen-bond donors (Lipinski definition) is 1. The van der Waals surface area contributed by atoms with Gasteiger partial charge in [-0.2, -0.15) is 15.0 Å². The van der Waals surface area contributed by atoms with Gasteiger partial charge in [0.25, 0.3) is 0 Å². The third-order valence-corrected chi connectivity index (χ3v) is 3.46. The Morgan fingerprint density at radius 3 is 2.68 bits per heavy atom. The van der Waals surface area contributed by atoms with Gasteiger partial charge in [0.1, 0.15) is 5.76 Å². The van der Waals surface area contributed by atoms with E-state index in [0.29, 0.717) is 16.9 Å². The van der Waals surface area contributed by atoms with Crippen molar-refractivity contribution in [2.45, 2.75) is 24.8 Å². The quantitative estimate of drug-likeness (QED) is 0.811. The van der Waals surface area contributed by atoms with E-state index in [4.69, 9.17) is 10.2 Å². The Bertz CT molecular complexity index is 513. The molecule has 0 bridgehead atoms. The molecule has 0 atom stereocenters. The zero-order valence-electron chi connectivity index (χ0n) is 11.0. The highest BCUT2D eigenvalue weighted by Crippen LogP contribution is 2.21. The molecule has 0 saturated carbocycles. The van der Waals surface area contributed by atoms with Crippen molar-refractivity contribution >= 4 is 23.7 Å². The Balaban J connectivity index is 2.12. The van der Waals surface area contributed by atoms with E-state index < -0.39 is 0 Å². The Labute approximate surface area is 116 Å². The van der Waals surface area contributed by atoms with Crippen LogP contribution in [0.5, 0.6) is 0 Å². The van der Waals surface area contributed by atoms with Crippen LogP contribution in [0.1, 0.15) is 19.6 Å². The number of rotatable bonds is 6. The first-order valence-electron chi connectivity index (χ1n) is 6.14. The fraction of sp³-hybridized carbons (Fsp3) is 0.417. The van der Waals surface area contributed by atoms with Gasteiger partial charge in [-0.15, -0.1) is 0 Å². The average molecular weight is 279 g/mol. The molecule has 0 fully saturated rings. The minimum absolute atomic E-state index is 0.249. The minimum atomic E-state index is 0.249. The first-order valence-corrected chi connectivity index (χ1v) is 7.13. The lowest BCUT2D eigenvalue weighted by atomic mass is 10.5. The van der Waals surface area contributed by atoms with Crippen LogP contribution in [0.25, 0.3) is 0 Å². The molecule has 6 nitrogen and oxygen atoms in total. The smallest absolute Gasteiger partial charge is 0.231 e. The van der Waals surface area contributed by atoms with E-state index in [9.17, 15) is 0 Å². The molecule has 19 heavy (non-hydrogen) atoms. The standard InChI is InChI=1S/C12H17N5OS/c1-3-17(4-2)11-14-10(13)15-12(16-11)19-8-9-6-5-7-18-9/h5-7H,3-4,8H2,1-2H3,(H2,13,14,15,16). The van der Waals surface area contributed by atoms with Gasteiger partial charge in [-0.3, -0.25) is 0 Å². The van der Waals surface area contributed by atoms with Crippen molar-refractivity contribution in [1.29, 1.82) is 0 Å². The number of nitrogens with two attached hydrogens (primary N) is 1. The van der Waals surface area contributed by atoms with Crippen molar-refractivity contribution in [3.05, 3.63) is 24.2 Å². The van der Waals surface area contributed by atoms with Crippen LogP contribution < -0.4 is 10.6 Å². The van der Waals surface area contributed by atoms with Gasteiger partial charge in [0.2, 0.25) is 11.9 Å². The molecule has 2 rings (SSSR count). The monoisotopic (exact) mass is 279 g/mol. The third-order valence-electron chi connectivity index (χ3n) is 2.59. The highest BCUT2D eigenvalue weighted by atomic mass is 32.2. The van der Waals surface area contributed by atoms with Crippen LogP contribution in [-0.4, -0.2) is 28.0 Å². The number of thioether (sulfide) groups is 1. The molecule has 0 radical (unpaired) electrons. The number of hydrogen-bond acceptors (Lipinski definition) is 7. The summed E-state index contributed by atoms with van der Waals surface area (Å²) in [6.07, 6.45) is 1.65. The lowest BCUT2D eigenvalue weighted by molar-refractivity contribution is 0.530. The van der Waals surface area contributed by atoms with Gasteiger partial charge < -0.3 is 15.1 Å². The molecule has 0 unspecified atom stereocenters. The molecule has 2 N–H and O–H groups in total. The summed E-state index contributed by atoms with van der Waals surface area (Å²) < 4.78 is 5.27. The van der Waals surface area contributed by atoms with Crippen molar-refractivity contribution in [2.24, 2.45) is 0 Å². The molecular weight excluding hydrogens is 262 g/mol. The Morgan fingerprint density at radius 1 is 1.26 bits per heavy atom. The molecule has 0 aliphatic carbocycles. The van der Waals surface area contributed by atoms with Gasteiger partial charge in [0.15, 0.2) is 5.16 Å². The second kappa shape index (κ2) is 6.42. The van der Waals surface area contributed by atoms with Gasteiger partial charge in [-0.05, 0) is 26.0 Å². The maximum Gasteiger partial charge on any atom is 0.231 e. The summed E-state index contributed by atoms with van der Waals surface area (Å²) in [6, 6.07) is 3.78. The third kappa shape index (κ3) is 3.60. The Morgan fingerprint density at radius 2 is 2.05 bits per heavy atom. The average Bonchev–Trinajstić information content (AvgIpc) is 2.90. The normalized spacial score (nSPS) is 10.6. The predicted octanol–water partition coefficient (Wildman–Crippen LogP) is 2.19. The molecule has 0 aromatic carbocycles. The van der Waals surface area contributed by atoms with Gasteiger partial charge in [-0.1, -0.05) is 11.8 Å². The summed E-state index contributed by atoms with van der Waals surface area (Å²) in [5.41, 5.74) is 5.73. The highest BCUT2D eigenvalue weighted by Gasteiger charge is 2.10. The minimum Gasteiger partial charge on any atom is -0.468 e. The number of nitrogens with zero attached hydrogens (tertiary/aromatic N) is 4. The van der Waals surface area contributed by atoms with Crippen molar-refractivity contribution in [2.75, 3.05) is 23.7 Å². The van der Waals surface area contributed by atoms with Crippen LogP contribution in [-0.2, 0) is 5.75 Å². The first kappa shape index (κ1) is 13.7. The van der Waals surface area contributed by atoms with Crippen molar-refractivity contribution in [3.8, 4) is 0 Å². The predicted molar refractivity (Wildman–Crippen MR) is 76.1 cm³/mol. The molecule has 0 saturated heterocycles. The molecule has 7 heteroatoms. The largest absolute Gasteiger partial charge is 0.468 e. The molecule has 0 aliphatic heterocycles. The van der Waals surface area contributed by atoms with E-state index in [-0.39, 0.29) is 5.95 Å². The summed E-state index contributed by atoms with van der Waals surface area (Å²) in [5.74, 6) is 2.43. The SMILES string of the molecule is CCN(CC)c1nc(N)nc(SCc2ccco2)n1. The molecule has 102 valence electrons. The van der Waals surface area contributed by atoms with Crippen LogP contribution in [0.15, 0.2) is 28.0 Å². The van der Waals surface area contributed by atoms with E-state index in [1.807, 2.05) is 17.0 Å². The van der Waals surface area contributed by atoms with Gasteiger partial charge >= 0.3 is 0 Å². The fourth-order valence-corrected chi connectivity index (χ4v) is 2.34. The van der Waals surface area contributed by atoms with Crippen molar-refractivity contribution in [3.63, 3.8) is 0 Å². The highest BCUT2D eigenvalue weighted by molar-refractivity contribution is 7.98. The molecule has 0 spiro atoms. The summed E-state index contributed by atoms with van der Waals surface area (Å²) >= 11 is 1.48. The van der Waals surface area contributed by atoms with Gasteiger partial charge in [0.05, 0.1) is 12.0 Å². The Kier molecular flexibility index (Phi) is 4.62. The summed E-state index contributed by atoms with van der Waals surface area (Å²) in [4.78, 5) is 14.8. The maximum atomic E-state index is 5.73. The lowest BCUT2D eigenvalue weighted by Crippen LogP contribution is -2.25. The van der Waals surface area contributed by atoms with Crippen molar-refractivity contribution < 1.29 is 4.42 Å². The van der Waals surface area contributed by atoms with Crippen LogP contribution >= 0.6 is 11.8 Å². The van der Waals surface area contributed by atoms with Crippen LogP contribution in [0.2, 0.25) is 0 Å². The lowest BCUT2D eigenvalue weighted by Gasteiger charge is -2.18. The van der Waals surface area contributed by atoms with Crippen LogP contribution in [0.3, 0.4) is 0 Å². The zero-order chi connectivity index (χ0) is 13.7. The topological polar surface area (TPSA) is 81.1 Å². The number of aromatic nitrogens is 3. The number of furan rings is 1. The molecular formula is C12H17N5OS. The first-order chi connectivity index (χ1) is 9.22. The molecule has 2 aromatic heterocycles. The number of anilines is 2. The van der Waals surface area contributed by atoms with Crippen LogP contribution in [0.4, 0.5) is 11.9 Å². The van der Waals surface area contributed by atoms with Gasteiger partial charge in [-0.25, -0.2) is 0 Å². The zero-order valence-corrected chi connectivity index (χ0v) is 11.9.